The minimum atomic E-state index is -0.125. The standard InChI is InChI=1S/C51H37N2/c1-51(2)44-22-10-6-17-38(44)39-32-31-37(33-45(39)51)52(36-29-27-35(28-30-36)34-15-4-3-5-16-34)46-23-14-21-43-42-20-9-13-26-49(42)53(50(43)46)47-24-11-7-18-40(47)41-19-8-12-25-48(41)53/h3-33H,1-2H3/q+1. The molecule has 1 spiro atoms. The van der Waals surface area contributed by atoms with Crippen molar-refractivity contribution in [3.63, 3.8) is 0 Å². The van der Waals surface area contributed by atoms with Crippen molar-refractivity contribution in [2.24, 2.45) is 0 Å². The van der Waals surface area contributed by atoms with Crippen molar-refractivity contribution in [2.75, 3.05) is 4.90 Å². The van der Waals surface area contributed by atoms with E-state index in [0.29, 0.717) is 4.48 Å². The monoisotopic (exact) mass is 677 g/mol. The summed E-state index contributed by atoms with van der Waals surface area (Å²) in [5.74, 6) is 0. The summed E-state index contributed by atoms with van der Waals surface area (Å²) < 4.78 is 0.550. The van der Waals surface area contributed by atoms with Gasteiger partial charge in [-0.2, -0.15) is 4.48 Å². The molecule has 2 aliphatic heterocycles. The van der Waals surface area contributed by atoms with E-state index in [1.54, 1.807) is 0 Å². The first-order chi connectivity index (χ1) is 26.1. The van der Waals surface area contributed by atoms with Gasteiger partial charge in [0, 0.05) is 35.0 Å². The third kappa shape index (κ3) is 4.02. The van der Waals surface area contributed by atoms with Gasteiger partial charge in [0.05, 0.1) is 22.3 Å². The molecule has 0 N–H and O–H groups in total. The fourth-order valence-corrected chi connectivity index (χ4v) is 9.71. The first-order valence-electron chi connectivity index (χ1n) is 18.6. The number of quaternary nitrogens is 1. The van der Waals surface area contributed by atoms with Crippen molar-refractivity contribution in [3.8, 4) is 44.5 Å². The topological polar surface area (TPSA) is 3.24 Å². The fourth-order valence-electron chi connectivity index (χ4n) is 9.71. The quantitative estimate of drug-likeness (QED) is 0.168. The van der Waals surface area contributed by atoms with Crippen LogP contribution in [0.5, 0.6) is 0 Å². The van der Waals surface area contributed by atoms with Crippen molar-refractivity contribution in [1.29, 1.82) is 0 Å². The van der Waals surface area contributed by atoms with Crippen LogP contribution in [0, 0.1) is 0 Å². The lowest BCUT2D eigenvalue weighted by molar-refractivity contribution is 0.660. The molecule has 0 saturated carbocycles. The molecule has 0 amide bonds. The number of anilines is 3. The Hall–Kier alpha value is -6.48. The maximum absolute atomic E-state index is 2.52. The third-order valence-electron chi connectivity index (χ3n) is 12.0. The molecule has 0 unspecified atom stereocenters. The number of para-hydroxylation sites is 4. The molecule has 1 aliphatic carbocycles. The highest BCUT2D eigenvalue weighted by Gasteiger charge is 2.55. The van der Waals surface area contributed by atoms with Crippen LogP contribution in [0.3, 0.4) is 0 Å². The summed E-state index contributed by atoms with van der Waals surface area (Å²) >= 11 is 0. The molecule has 0 aromatic heterocycles. The highest BCUT2D eigenvalue weighted by atomic mass is 15.4. The summed E-state index contributed by atoms with van der Waals surface area (Å²) in [6, 6.07) is 69.9. The largest absolute Gasteiger partial charge is 0.305 e. The van der Waals surface area contributed by atoms with Crippen LogP contribution in [0.2, 0.25) is 0 Å². The number of benzene rings is 8. The summed E-state index contributed by atoms with van der Waals surface area (Å²) in [4.78, 5) is 2.52. The van der Waals surface area contributed by atoms with Crippen LogP contribution < -0.4 is 9.38 Å². The van der Waals surface area contributed by atoms with Gasteiger partial charge >= 0.3 is 0 Å². The highest BCUT2D eigenvalue weighted by molar-refractivity contribution is 6.14. The predicted octanol–water partition coefficient (Wildman–Crippen LogP) is 14.4. The average molecular weight is 678 g/mol. The van der Waals surface area contributed by atoms with E-state index in [0.717, 1.165) is 11.4 Å². The molecule has 250 valence electrons. The number of fused-ring (bicyclic) bond motifs is 13. The Morgan fingerprint density at radius 2 is 0.868 bits per heavy atom. The smallest absolute Gasteiger partial charge is 0.180 e. The third-order valence-corrected chi connectivity index (χ3v) is 12.0. The fraction of sp³-hybridized carbons (Fsp3) is 0.0588. The molecule has 53 heavy (non-hydrogen) atoms. The predicted molar refractivity (Wildman–Crippen MR) is 222 cm³/mol. The normalized spacial score (nSPS) is 14.5. The van der Waals surface area contributed by atoms with Crippen molar-refractivity contribution in [2.45, 2.75) is 19.3 Å². The molecule has 0 saturated heterocycles. The lowest BCUT2D eigenvalue weighted by Crippen LogP contribution is -2.30. The molecular formula is C51H37N2+. The van der Waals surface area contributed by atoms with Gasteiger partial charge in [0.25, 0.3) is 0 Å². The highest BCUT2D eigenvalue weighted by Crippen LogP contribution is 2.71. The van der Waals surface area contributed by atoms with E-state index in [2.05, 4.69) is 207 Å². The summed E-state index contributed by atoms with van der Waals surface area (Å²) in [5.41, 5.74) is 21.4. The van der Waals surface area contributed by atoms with Crippen LogP contribution >= 0.6 is 0 Å². The zero-order chi connectivity index (χ0) is 35.3. The Morgan fingerprint density at radius 1 is 0.377 bits per heavy atom. The van der Waals surface area contributed by atoms with Crippen molar-refractivity contribution in [3.05, 3.63) is 199 Å². The molecule has 0 fully saturated rings. The van der Waals surface area contributed by atoms with E-state index < -0.39 is 0 Å². The molecule has 2 heterocycles. The Bertz CT molecular complexity index is 2690. The van der Waals surface area contributed by atoms with Gasteiger partial charge in [-0.05, 0) is 88.0 Å². The second-order valence-corrected chi connectivity index (χ2v) is 15.0. The molecule has 2 nitrogen and oxygen atoms in total. The molecule has 2 heteroatoms. The molecule has 0 atom stereocenters. The molecular weight excluding hydrogens is 641 g/mol. The molecule has 11 rings (SSSR count). The van der Waals surface area contributed by atoms with Gasteiger partial charge in [-0.1, -0.05) is 129 Å². The van der Waals surface area contributed by atoms with Crippen LogP contribution in [0.4, 0.5) is 39.8 Å². The lowest BCUT2D eigenvalue weighted by Gasteiger charge is -2.36. The first kappa shape index (κ1) is 30.2. The zero-order valence-corrected chi connectivity index (χ0v) is 29.8. The molecule has 8 aromatic rings. The van der Waals surface area contributed by atoms with Gasteiger partial charge in [0.15, 0.2) is 22.7 Å². The minimum Gasteiger partial charge on any atom is -0.305 e. The summed E-state index contributed by atoms with van der Waals surface area (Å²) in [6.07, 6.45) is 0. The van der Waals surface area contributed by atoms with Crippen LogP contribution in [0.15, 0.2) is 188 Å². The number of nitrogens with zero attached hydrogens (tertiary/aromatic N) is 2. The summed E-state index contributed by atoms with van der Waals surface area (Å²) in [7, 11) is 0. The molecule has 8 aromatic carbocycles. The second-order valence-electron chi connectivity index (χ2n) is 15.0. The Labute approximate surface area is 311 Å². The molecule has 3 aliphatic rings. The number of rotatable bonds is 4. The van der Waals surface area contributed by atoms with E-state index in [1.165, 1.54) is 84.1 Å². The van der Waals surface area contributed by atoms with E-state index in [9.17, 15) is 0 Å². The van der Waals surface area contributed by atoms with Crippen LogP contribution in [0.25, 0.3) is 44.5 Å². The van der Waals surface area contributed by atoms with Crippen LogP contribution in [0.1, 0.15) is 25.0 Å². The average Bonchev–Trinajstić information content (AvgIpc) is 3.78. The van der Waals surface area contributed by atoms with Crippen molar-refractivity contribution < 1.29 is 0 Å². The second kappa shape index (κ2) is 11.0. The van der Waals surface area contributed by atoms with Gasteiger partial charge in [-0.15, -0.1) is 0 Å². The van der Waals surface area contributed by atoms with E-state index >= 15 is 0 Å². The Balaban J connectivity index is 1.21. The summed E-state index contributed by atoms with van der Waals surface area (Å²) in [6.45, 7) is 4.74. The molecule has 0 bridgehead atoms. The lowest BCUT2D eigenvalue weighted by atomic mass is 9.82. The molecule has 0 radical (unpaired) electrons. The maximum Gasteiger partial charge on any atom is 0.180 e. The maximum atomic E-state index is 2.52. The Kier molecular flexibility index (Phi) is 6.27. The minimum absolute atomic E-state index is 0.125. The van der Waals surface area contributed by atoms with Crippen LogP contribution in [-0.4, -0.2) is 0 Å². The van der Waals surface area contributed by atoms with Crippen molar-refractivity contribution in [1.82, 2.24) is 4.48 Å². The van der Waals surface area contributed by atoms with E-state index in [1.807, 2.05) is 0 Å². The van der Waals surface area contributed by atoms with Gasteiger partial charge in [-0.25, -0.2) is 0 Å². The SMILES string of the molecule is CC1(C)c2ccccc2-c2ccc(N(c3ccc(-c4ccccc4)cc3)c3cccc4c3[N+]3(c5ccccc5-c5ccccc53)c3ccccc3-4)cc21. The van der Waals surface area contributed by atoms with E-state index in [-0.39, 0.29) is 5.41 Å². The zero-order valence-electron chi connectivity index (χ0n) is 29.8. The van der Waals surface area contributed by atoms with Crippen LogP contribution in [-0.2, 0) is 5.41 Å². The van der Waals surface area contributed by atoms with Gasteiger partial charge in [0.1, 0.15) is 5.69 Å². The number of hydrogen-bond acceptors (Lipinski definition) is 1. The van der Waals surface area contributed by atoms with E-state index in [4.69, 9.17) is 0 Å². The Morgan fingerprint density at radius 3 is 1.53 bits per heavy atom. The van der Waals surface area contributed by atoms with Gasteiger partial charge in [-0.3, -0.25) is 0 Å². The van der Waals surface area contributed by atoms with Crippen molar-refractivity contribution >= 4 is 39.8 Å². The number of hydrogen-bond donors (Lipinski definition) is 0. The first-order valence-corrected chi connectivity index (χ1v) is 18.6. The van der Waals surface area contributed by atoms with Gasteiger partial charge in [0.2, 0.25) is 0 Å². The van der Waals surface area contributed by atoms with Gasteiger partial charge < -0.3 is 4.90 Å². The summed E-state index contributed by atoms with van der Waals surface area (Å²) in [5, 5.41) is 0.